The van der Waals surface area contributed by atoms with Crippen molar-refractivity contribution in [1.29, 1.82) is 0 Å². The van der Waals surface area contributed by atoms with Gasteiger partial charge in [-0.1, -0.05) is 53.7 Å². The molecule has 4 rings (SSSR count). The SMILES string of the molecule is CC(Sc1nnc(-c2cccnc2)n1Cc1ccccc1)C(=O)Nc1ccc(F)c(Cl)c1. The fourth-order valence-corrected chi connectivity index (χ4v) is 4.05. The molecule has 162 valence electrons. The predicted octanol–water partition coefficient (Wildman–Crippen LogP) is 5.30. The van der Waals surface area contributed by atoms with E-state index in [2.05, 4.69) is 20.5 Å². The quantitative estimate of drug-likeness (QED) is 0.373. The van der Waals surface area contributed by atoms with Gasteiger partial charge >= 0.3 is 0 Å². The number of aromatic nitrogens is 4. The number of carbonyl (C=O) groups is 1. The molecule has 32 heavy (non-hydrogen) atoms. The molecule has 0 spiro atoms. The molecule has 2 aromatic carbocycles. The Bertz CT molecular complexity index is 1220. The van der Waals surface area contributed by atoms with Crippen molar-refractivity contribution >= 4 is 35.0 Å². The van der Waals surface area contributed by atoms with E-state index in [1.54, 1.807) is 19.3 Å². The van der Waals surface area contributed by atoms with Crippen LogP contribution < -0.4 is 5.32 Å². The first-order valence-electron chi connectivity index (χ1n) is 9.81. The van der Waals surface area contributed by atoms with Gasteiger partial charge in [-0.2, -0.15) is 0 Å². The van der Waals surface area contributed by atoms with Crippen molar-refractivity contribution in [3.05, 3.63) is 89.5 Å². The van der Waals surface area contributed by atoms with Crippen LogP contribution in [-0.4, -0.2) is 30.9 Å². The minimum Gasteiger partial charge on any atom is -0.325 e. The molecule has 4 aromatic rings. The summed E-state index contributed by atoms with van der Waals surface area (Å²) in [6, 6.07) is 17.8. The minimum absolute atomic E-state index is 0.0492. The minimum atomic E-state index is -0.538. The van der Waals surface area contributed by atoms with Gasteiger partial charge in [0.15, 0.2) is 11.0 Å². The van der Waals surface area contributed by atoms with Crippen molar-refractivity contribution in [3.8, 4) is 11.4 Å². The molecular formula is C23H19ClFN5OS. The average Bonchev–Trinajstić information content (AvgIpc) is 3.19. The van der Waals surface area contributed by atoms with Crippen LogP contribution in [0.1, 0.15) is 12.5 Å². The highest BCUT2D eigenvalue weighted by atomic mass is 35.5. The Kier molecular flexibility index (Phi) is 6.82. The number of thioether (sulfide) groups is 1. The maximum atomic E-state index is 13.4. The molecule has 0 aliphatic rings. The summed E-state index contributed by atoms with van der Waals surface area (Å²) in [4.78, 5) is 16.9. The number of benzene rings is 2. The van der Waals surface area contributed by atoms with Gasteiger partial charge in [0.05, 0.1) is 16.8 Å². The van der Waals surface area contributed by atoms with Crippen LogP contribution in [0.15, 0.2) is 78.2 Å². The summed E-state index contributed by atoms with van der Waals surface area (Å²) in [5, 5.41) is 11.5. The third kappa shape index (κ3) is 5.15. The fourth-order valence-electron chi connectivity index (χ4n) is 3.02. The average molecular weight is 468 g/mol. The second-order valence-electron chi connectivity index (χ2n) is 7.00. The monoisotopic (exact) mass is 467 g/mol. The van der Waals surface area contributed by atoms with Gasteiger partial charge in [-0.25, -0.2) is 4.39 Å². The molecule has 0 aliphatic heterocycles. The Labute approximate surface area is 193 Å². The Hall–Kier alpha value is -3.23. The molecule has 2 aromatic heterocycles. The maximum absolute atomic E-state index is 13.4. The van der Waals surface area contributed by atoms with E-state index in [0.29, 0.717) is 23.2 Å². The molecule has 1 amide bonds. The second-order valence-corrected chi connectivity index (χ2v) is 8.71. The zero-order valence-electron chi connectivity index (χ0n) is 17.1. The lowest BCUT2D eigenvalue weighted by atomic mass is 10.2. The summed E-state index contributed by atoms with van der Waals surface area (Å²) in [7, 11) is 0. The van der Waals surface area contributed by atoms with Crippen molar-refractivity contribution in [1.82, 2.24) is 19.7 Å². The van der Waals surface area contributed by atoms with Crippen LogP contribution in [0, 0.1) is 5.82 Å². The van der Waals surface area contributed by atoms with E-state index in [0.717, 1.165) is 11.1 Å². The molecule has 1 unspecified atom stereocenters. The van der Waals surface area contributed by atoms with Crippen LogP contribution in [0.4, 0.5) is 10.1 Å². The van der Waals surface area contributed by atoms with Crippen LogP contribution in [0.2, 0.25) is 5.02 Å². The number of nitrogens with one attached hydrogen (secondary N) is 1. The molecule has 0 saturated heterocycles. The Balaban J connectivity index is 1.57. The summed E-state index contributed by atoms with van der Waals surface area (Å²) >= 11 is 7.10. The number of anilines is 1. The first-order valence-corrected chi connectivity index (χ1v) is 11.1. The number of amides is 1. The fraction of sp³-hybridized carbons (Fsp3) is 0.130. The number of pyridine rings is 1. The third-order valence-electron chi connectivity index (χ3n) is 4.66. The summed E-state index contributed by atoms with van der Waals surface area (Å²) in [5.41, 5.74) is 2.34. The predicted molar refractivity (Wildman–Crippen MR) is 124 cm³/mol. The molecule has 0 fully saturated rings. The summed E-state index contributed by atoms with van der Waals surface area (Å²) in [6.07, 6.45) is 3.43. The van der Waals surface area contributed by atoms with E-state index in [4.69, 9.17) is 11.6 Å². The van der Waals surface area contributed by atoms with Crippen molar-refractivity contribution in [2.75, 3.05) is 5.32 Å². The molecule has 0 saturated carbocycles. The van der Waals surface area contributed by atoms with E-state index >= 15 is 0 Å². The number of rotatable bonds is 7. The molecule has 0 radical (unpaired) electrons. The van der Waals surface area contributed by atoms with Crippen LogP contribution in [-0.2, 0) is 11.3 Å². The van der Waals surface area contributed by atoms with Gasteiger partial charge < -0.3 is 5.32 Å². The second kappa shape index (κ2) is 9.93. The number of carbonyl (C=O) groups excluding carboxylic acids is 1. The van der Waals surface area contributed by atoms with E-state index in [9.17, 15) is 9.18 Å². The van der Waals surface area contributed by atoms with Crippen LogP contribution in [0.25, 0.3) is 11.4 Å². The summed E-state index contributed by atoms with van der Waals surface area (Å²) in [6.45, 7) is 2.32. The normalized spacial score (nSPS) is 11.8. The van der Waals surface area contributed by atoms with Crippen LogP contribution >= 0.6 is 23.4 Å². The highest BCUT2D eigenvalue weighted by Gasteiger charge is 2.21. The molecule has 0 aliphatic carbocycles. The zero-order valence-corrected chi connectivity index (χ0v) is 18.6. The summed E-state index contributed by atoms with van der Waals surface area (Å²) in [5.74, 6) is -0.124. The first-order chi connectivity index (χ1) is 15.5. The van der Waals surface area contributed by atoms with E-state index in [1.165, 1.54) is 30.0 Å². The van der Waals surface area contributed by atoms with Crippen LogP contribution in [0.5, 0.6) is 0 Å². The third-order valence-corrected chi connectivity index (χ3v) is 6.03. The van der Waals surface area contributed by atoms with Gasteiger partial charge in [0, 0.05) is 23.6 Å². The van der Waals surface area contributed by atoms with Gasteiger partial charge in [0.2, 0.25) is 5.91 Å². The lowest BCUT2D eigenvalue weighted by Gasteiger charge is -2.14. The van der Waals surface area contributed by atoms with Crippen molar-refractivity contribution in [2.24, 2.45) is 0 Å². The highest BCUT2D eigenvalue weighted by Crippen LogP contribution is 2.28. The van der Waals surface area contributed by atoms with Gasteiger partial charge in [0.25, 0.3) is 0 Å². The van der Waals surface area contributed by atoms with Gasteiger partial charge in [-0.05, 0) is 42.8 Å². The van der Waals surface area contributed by atoms with Crippen molar-refractivity contribution < 1.29 is 9.18 Å². The van der Waals surface area contributed by atoms with Crippen molar-refractivity contribution in [2.45, 2.75) is 23.9 Å². The Morgan fingerprint density at radius 1 is 1.16 bits per heavy atom. The smallest absolute Gasteiger partial charge is 0.237 e. The van der Waals surface area contributed by atoms with Gasteiger partial charge in [-0.15, -0.1) is 10.2 Å². The Morgan fingerprint density at radius 3 is 2.69 bits per heavy atom. The first kappa shape index (κ1) is 22.0. The van der Waals surface area contributed by atoms with Gasteiger partial charge in [-0.3, -0.25) is 14.3 Å². The number of hydrogen-bond donors (Lipinski definition) is 1. The lowest BCUT2D eigenvalue weighted by Crippen LogP contribution is -2.23. The van der Waals surface area contributed by atoms with E-state index in [-0.39, 0.29) is 10.9 Å². The molecule has 6 nitrogen and oxygen atoms in total. The lowest BCUT2D eigenvalue weighted by molar-refractivity contribution is -0.115. The number of nitrogens with zero attached hydrogens (tertiary/aromatic N) is 4. The maximum Gasteiger partial charge on any atom is 0.237 e. The molecule has 0 bridgehead atoms. The van der Waals surface area contributed by atoms with E-state index < -0.39 is 11.1 Å². The van der Waals surface area contributed by atoms with Gasteiger partial charge in [0.1, 0.15) is 5.82 Å². The molecular weight excluding hydrogens is 449 g/mol. The molecule has 9 heteroatoms. The number of halogens is 2. The van der Waals surface area contributed by atoms with Crippen LogP contribution in [0.3, 0.4) is 0 Å². The molecule has 1 atom stereocenters. The number of hydrogen-bond acceptors (Lipinski definition) is 5. The summed E-state index contributed by atoms with van der Waals surface area (Å²) < 4.78 is 15.3. The topological polar surface area (TPSA) is 72.7 Å². The molecule has 2 heterocycles. The zero-order chi connectivity index (χ0) is 22.5. The Morgan fingerprint density at radius 2 is 1.97 bits per heavy atom. The highest BCUT2D eigenvalue weighted by molar-refractivity contribution is 8.00. The standard InChI is InChI=1S/C23H19ClFN5OS/c1-15(22(31)27-18-9-10-20(25)19(24)12-18)32-23-29-28-21(17-8-5-11-26-13-17)30(23)14-16-6-3-2-4-7-16/h2-13,15H,14H2,1H3,(H,27,31). The van der Waals surface area contributed by atoms with E-state index in [1.807, 2.05) is 47.0 Å². The van der Waals surface area contributed by atoms with Crippen molar-refractivity contribution in [3.63, 3.8) is 0 Å². The largest absolute Gasteiger partial charge is 0.325 e. The molecule has 1 N–H and O–H groups in total.